The summed E-state index contributed by atoms with van der Waals surface area (Å²) >= 11 is 16.1. The van der Waals surface area contributed by atoms with Crippen LogP contribution in [0.4, 0.5) is 0 Å². The van der Waals surface area contributed by atoms with E-state index in [0.717, 1.165) is 0 Å². The number of hydrogen-bond donors (Lipinski definition) is 2. The Morgan fingerprint density at radius 2 is 1.24 bits per heavy atom. The Hall–Kier alpha value is -1.63. The number of carbonyl (C=O) groups is 4. The molecule has 2 rings (SSSR count). The van der Waals surface area contributed by atoms with E-state index < -0.39 is 33.2 Å². The van der Waals surface area contributed by atoms with Crippen LogP contribution in [0.3, 0.4) is 0 Å². The fourth-order valence-electron chi connectivity index (χ4n) is 2.27. The first-order valence-electron chi connectivity index (χ1n) is 7.21. The highest BCUT2D eigenvalue weighted by Gasteiger charge is 2.41. The summed E-state index contributed by atoms with van der Waals surface area (Å²) < 4.78 is 0. The number of halogens is 3. The molecular formula is C16H15Cl3O6. The number of aliphatic carboxylic acids is 2. The first-order chi connectivity index (χ1) is 11.6. The minimum atomic E-state index is -1.23. The average molecular weight is 410 g/mol. The fourth-order valence-corrected chi connectivity index (χ4v) is 2.74. The van der Waals surface area contributed by atoms with E-state index in [0.29, 0.717) is 24.0 Å². The molecule has 0 spiro atoms. The predicted molar refractivity (Wildman–Crippen MR) is 92.6 cm³/mol. The van der Waals surface area contributed by atoms with E-state index in [1.807, 2.05) is 0 Å². The summed E-state index contributed by atoms with van der Waals surface area (Å²) in [4.78, 5) is 41.1. The van der Waals surface area contributed by atoms with Crippen LogP contribution in [0.15, 0.2) is 24.3 Å². The first kappa shape index (κ1) is 21.4. The Morgan fingerprint density at radius 1 is 0.880 bits per heavy atom. The second kappa shape index (κ2) is 9.17. The van der Waals surface area contributed by atoms with Crippen molar-refractivity contribution in [2.75, 3.05) is 0 Å². The molecular weight excluding hydrogens is 395 g/mol. The van der Waals surface area contributed by atoms with Crippen LogP contribution in [0.1, 0.15) is 46.4 Å². The maximum absolute atomic E-state index is 10.7. The van der Waals surface area contributed by atoms with Crippen molar-refractivity contribution < 1.29 is 29.4 Å². The van der Waals surface area contributed by atoms with Gasteiger partial charge in [-0.15, -0.1) is 11.6 Å². The molecule has 9 heteroatoms. The minimum Gasteiger partial charge on any atom is -0.481 e. The van der Waals surface area contributed by atoms with Crippen LogP contribution in [0, 0.1) is 5.92 Å². The van der Waals surface area contributed by atoms with Gasteiger partial charge in [-0.25, -0.2) is 0 Å². The molecule has 1 aliphatic carbocycles. The number of hydrogen-bond acceptors (Lipinski definition) is 4. The molecule has 25 heavy (non-hydrogen) atoms. The summed E-state index contributed by atoms with van der Waals surface area (Å²) in [5.41, 5.74) is 0.691. The van der Waals surface area contributed by atoms with Gasteiger partial charge in [0.25, 0.3) is 10.5 Å². The quantitative estimate of drug-likeness (QED) is 0.579. The Labute approximate surface area is 158 Å². The number of carboxylic acids is 2. The summed E-state index contributed by atoms with van der Waals surface area (Å²) in [6.07, 6.45) is 1.18. The predicted octanol–water partition coefficient (Wildman–Crippen LogP) is 3.77. The van der Waals surface area contributed by atoms with E-state index in [9.17, 15) is 19.2 Å². The van der Waals surface area contributed by atoms with Crippen molar-refractivity contribution >= 4 is 57.2 Å². The summed E-state index contributed by atoms with van der Waals surface area (Å²) in [5.74, 6) is -2.33. The van der Waals surface area contributed by atoms with E-state index in [-0.39, 0.29) is 12.8 Å². The summed E-state index contributed by atoms with van der Waals surface area (Å²) in [6.45, 7) is 0. The van der Waals surface area contributed by atoms with E-state index in [1.54, 1.807) is 0 Å². The third-order valence-corrected chi connectivity index (χ3v) is 4.83. The van der Waals surface area contributed by atoms with Gasteiger partial charge in [0, 0.05) is 11.1 Å². The highest BCUT2D eigenvalue weighted by molar-refractivity contribution is 6.68. The van der Waals surface area contributed by atoms with Crippen LogP contribution < -0.4 is 0 Å². The van der Waals surface area contributed by atoms with Gasteiger partial charge in [0.1, 0.15) is 4.87 Å². The van der Waals surface area contributed by atoms with Crippen molar-refractivity contribution in [3.05, 3.63) is 35.4 Å². The lowest BCUT2D eigenvalue weighted by atomic mass is 9.81. The molecule has 1 aliphatic rings. The molecule has 1 fully saturated rings. The Bertz CT molecular complexity index is 630. The molecule has 0 aromatic heterocycles. The van der Waals surface area contributed by atoms with Gasteiger partial charge >= 0.3 is 11.9 Å². The molecule has 0 amide bonds. The lowest BCUT2D eigenvalue weighted by Crippen LogP contribution is -2.38. The Kier molecular flexibility index (Phi) is 7.86. The minimum absolute atomic E-state index is 0.237. The van der Waals surface area contributed by atoms with Crippen molar-refractivity contribution in [3.63, 3.8) is 0 Å². The molecule has 1 saturated carbocycles. The number of carbonyl (C=O) groups excluding carboxylic acids is 2. The van der Waals surface area contributed by atoms with Gasteiger partial charge in [-0.2, -0.15) is 0 Å². The van der Waals surface area contributed by atoms with Gasteiger partial charge < -0.3 is 10.2 Å². The van der Waals surface area contributed by atoms with Crippen molar-refractivity contribution in [3.8, 4) is 0 Å². The largest absolute Gasteiger partial charge is 0.481 e. The van der Waals surface area contributed by atoms with Gasteiger partial charge in [-0.1, -0.05) is 0 Å². The van der Waals surface area contributed by atoms with Crippen molar-refractivity contribution in [1.29, 1.82) is 0 Å². The number of rotatable bonds is 4. The lowest BCUT2D eigenvalue weighted by molar-refractivity contribution is -0.147. The van der Waals surface area contributed by atoms with E-state index >= 15 is 0 Å². The molecule has 0 heterocycles. The molecule has 0 bridgehead atoms. The Balaban J connectivity index is 0.000000251. The standard InChI is InChI=1S/C8H4Cl2O2.C8H11ClO4/c9-7(11)5-1-2-6(4-3-5)8(10)12;9-8(7(12)13)3-1-5(2-4-8)6(10)11/h1-4H;5H,1-4H2,(H,10,11)(H,12,13). The smallest absolute Gasteiger partial charge is 0.324 e. The maximum Gasteiger partial charge on any atom is 0.324 e. The Morgan fingerprint density at radius 3 is 1.48 bits per heavy atom. The van der Waals surface area contributed by atoms with Crippen molar-refractivity contribution in [2.45, 2.75) is 30.6 Å². The van der Waals surface area contributed by atoms with Crippen LogP contribution in [0.25, 0.3) is 0 Å². The van der Waals surface area contributed by atoms with Crippen LogP contribution in [-0.2, 0) is 9.59 Å². The second-order valence-corrected chi connectivity index (χ2v) is 6.92. The molecule has 1 aromatic rings. The zero-order valence-corrected chi connectivity index (χ0v) is 15.1. The SMILES string of the molecule is O=C(Cl)c1ccc(C(=O)Cl)cc1.O=C(O)C1CCC(Cl)(C(=O)O)CC1. The fraction of sp³-hybridized carbons (Fsp3) is 0.375. The summed E-state index contributed by atoms with van der Waals surface area (Å²) in [5, 5.41) is 16.3. The number of carboxylic acid groups (broad SMARTS) is 2. The van der Waals surface area contributed by atoms with Crippen molar-refractivity contribution in [2.24, 2.45) is 5.92 Å². The molecule has 0 aliphatic heterocycles. The summed E-state index contributed by atoms with van der Waals surface area (Å²) in [6, 6.07) is 5.80. The molecule has 2 N–H and O–H groups in total. The van der Waals surface area contributed by atoms with Gasteiger partial charge in [-0.05, 0) is 73.2 Å². The zero-order valence-electron chi connectivity index (χ0n) is 12.9. The molecule has 136 valence electrons. The normalized spacial score (nSPS) is 22.3. The van der Waals surface area contributed by atoms with E-state index in [2.05, 4.69) is 0 Å². The van der Waals surface area contributed by atoms with E-state index in [4.69, 9.17) is 45.0 Å². The van der Waals surface area contributed by atoms with Crippen LogP contribution >= 0.6 is 34.8 Å². The van der Waals surface area contributed by atoms with Crippen LogP contribution in [0.2, 0.25) is 0 Å². The molecule has 0 unspecified atom stereocenters. The molecule has 0 radical (unpaired) electrons. The second-order valence-electron chi connectivity index (χ2n) is 5.51. The van der Waals surface area contributed by atoms with Gasteiger partial charge in [0.15, 0.2) is 0 Å². The topological polar surface area (TPSA) is 109 Å². The van der Waals surface area contributed by atoms with Crippen molar-refractivity contribution in [1.82, 2.24) is 0 Å². The molecule has 0 atom stereocenters. The monoisotopic (exact) mass is 408 g/mol. The maximum atomic E-state index is 10.7. The molecule has 0 saturated heterocycles. The summed E-state index contributed by atoms with van der Waals surface area (Å²) in [7, 11) is 0. The van der Waals surface area contributed by atoms with E-state index in [1.165, 1.54) is 24.3 Å². The molecule has 1 aromatic carbocycles. The zero-order chi connectivity index (χ0) is 19.2. The highest BCUT2D eigenvalue weighted by Crippen LogP contribution is 2.37. The van der Waals surface area contributed by atoms with Crippen LogP contribution in [0.5, 0.6) is 0 Å². The number of alkyl halides is 1. The molecule has 6 nitrogen and oxygen atoms in total. The number of benzene rings is 1. The van der Waals surface area contributed by atoms with Gasteiger partial charge in [-0.3, -0.25) is 19.2 Å². The average Bonchev–Trinajstić information content (AvgIpc) is 2.55. The highest BCUT2D eigenvalue weighted by atomic mass is 35.5. The van der Waals surface area contributed by atoms with Gasteiger partial charge in [0.2, 0.25) is 0 Å². The van der Waals surface area contributed by atoms with Crippen LogP contribution in [-0.4, -0.2) is 37.5 Å². The third-order valence-electron chi connectivity index (χ3n) is 3.85. The van der Waals surface area contributed by atoms with Gasteiger partial charge in [0.05, 0.1) is 5.92 Å². The first-order valence-corrected chi connectivity index (χ1v) is 8.35. The third kappa shape index (κ3) is 6.30. The lowest BCUT2D eigenvalue weighted by Gasteiger charge is -2.29.